The van der Waals surface area contributed by atoms with E-state index >= 15 is 4.39 Å². The summed E-state index contributed by atoms with van der Waals surface area (Å²) in [6.07, 6.45) is 2.80. The van der Waals surface area contributed by atoms with E-state index in [9.17, 15) is 23.6 Å². The number of nitriles is 1. The van der Waals surface area contributed by atoms with E-state index in [2.05, 4.69) is 22.6 Å². The molecule has 0 bridgehead atoms. The highest BCUT2D eigenvalue weighted by Crippen LogP contribution is 2.43. The van der Waals surface area contributed by atoms with Crippen LogP contribution in [-0.4, -0.2) is 51.0 Å². The van der Waals surface area contributed by atoms with Crippen LogP contribution in [0.5, 0.6) is 0 Å². The molecule has 1 saturated heterocycles. The van der Waals surface area contributed by atoms with E-state index < -0.39 is 45.0 Å². The van der Waals surface area contributed by atoms with Crippen molar-refractivity contribution in [2.75, 3.05) is 30.3 Å². The van der Waals surface area contributed by atoms with E-state index in [4.69, 9.17) is 28.9 Å². The molecule has 0 saturated carbocycles. The summed E-state index contributed by atoms with van der Waals surface area (Å²) in [4.78, 5) is 39.3. The zero-order valence-electron chi connectivity index (χ0n) is 25.3. The molecule has 0 radical (unpaired) electrons. The Labute approximate surface area is 272 Å². The van der Waals surface area contributed by atoms with Crippen LogP contribution >= 0.6 is 23.2 Å². The molecule has 1 atom stereocenters. The van der Waals surface area contributed by atoms with Gasteiger partial charge in [-0.3, -0.25) is 19.1 Å². The fourth-order valence-electron chi connectivity index (χ4n) is 5.81. The Hall–Kier alpha value is -4.60. The lowest BCUT2D eigenvalue weighted by Crippen LogP contribution is -2.54. The molecule has 4 heterocycles. The lowest BCUT2D eigenvalue weighted by molar-refractivity contribution is -0.126. The van der Waals surface area contributed by atoms with Crippen LogP contribution < -0.4 is 16.2 Å². The molecule has 238 valence electrons. The number of carbonyl (C=O) groups is 1. The maximum absolute atomic E-state index is 15.4. The normalized spacial score (nSPS) is 15.0. The number of nitrogens with zero attached hydrogens (tertiary/aromatic N) is 6. The zero-order chi connectivity index (χ0) is 33.8. The Morgan fingerprint density at radius 2 is 1.89 bits per heavy atom. The first-order valence-electron chi connectivity index (χ1n) is 14.2. The number of hydrogen-bond acceptors (Lipinski definition) is 7. The highest BCUT2D eigenvalue weighted by molar-refractivity contribution is 6.38. The van der Waals surface area contributed by atoms with Crippen LogP contribution in [0.15, 0.2) is 35.8 Å². The molecule has 4 aromatic rings. The summed E-state index contributed by atoms with van der Waals surface area (Å²) >= 11 is 12.9. The first-order valence-corrected chi connectivity index (χ1v) is 15.0. The van der Waals surface area contributed by atoms with Gasteiger partial charge >= 0.3 is 0 Å². The third-order valence-electron chi connectivity index (χ3n) is 8.05. The second-order valence-electron chi connectivity index (χ2n) is 11.3. The summed E-state index contributed by atoms with van der Waals surface area (Å²) in [5.41, 5.74) is 4.29. The quantitative estimate of drug-likeness (QED) is 0.115. The second-order valence-corrected chi connectivity index (χ2v) is 12.0. The molecule has 3 aromatic heterocycles. The molecule has 14 heteroatoms. The smallest absolute Gasteiger partial charge is 0.276 e. The fraction of sp³-hybridized carbons (Fsp3) is 0.281. The molecule has 2 N–H and O–H groups in total. The minimum atomic E-state index is -1.88. The van der Waals surface area contributed by atoms with Crippen LogP contribution in [0.3, 0.4) is 0 Å². The molecule has 1 aliphatic rings. The zero-order valence-corrected chi connectivity index (χ0v) is 26.8. The van der Waals surface area contributed by atoms with Gasteiger partial charge in [0, 0.05) is 37.3 Å². The van der Waals surface area contributed by atoms with Gasteiger partial charge in [-0.15, -0.1) is 0 Å². The van der Waals surface area contributed by atoms with E-state index in [-0.39, 0.29) is 64.8 Å². The first-order chi connectivity index (χ1) is 21.7. The number of amides is 1. The highest BCUT2D eigenvalue weighted by Gasteiger charge is 2.33. The van der Waals surface area contributed by atoms with Crippen LogP contribution in [0.25, 0.3) is 28.0 Å². The fourth-order valence-corrected chi connectivity index (χ4v) is 6.31. The van der Waals surface area contributed by atoms with Crippen LogP contribution in [0.1, 0.15) is 43.5 Å². The summed E-state index contributed by atoms with van der Waals surface area (Å²) in [6, 6.07) is 4.72. The topological polar surface area (TPSA) is 121 Å². The predicted octanol–water partition coefficient (Wildman–Crippen LogP) is 6.28. The van der Waals surface area contributed by atoms with Gasteiger partial charge in [0.05, 0.1) is 44.1 Å². The van der Waals surface area contributed by atoms with Crippen molar-refractivity contribution in [3.63, 3.8) is 0 Å². The average Bonchev–Trinajstić information content (AvgIpc) is 3.03. The number of fused-ring (bicyclic) bond motifs is 1. The molecule has 0 aliphatic carbocycles. The van der Waals surface area contributed by atoms with Crippen LogP contribution in [0, 0.1) is 35.7 Å². The second kappa shape index (κ2) is 12.3. The Morgan fingerprint density at radius 1 is 1.20 bits per heavy atom. The van der Waals surface area contributed by atoms with Gasteiger partial charge in [-0.2, -0.15) is 5.26 Å². The van der Waals surface area contributed by atoms with E-state index in [1.54, 1.807) is 29.0 Å². The van der Waals surface area contributed by atoms with Gasteiger partial charge in [0.2, 0.25) is 5.91 Å². The summed E-state index contributed by atoms with van der Waals surface area (Å²) < 4.78 is 45.5. The van der Waals surface area contributed by atoms with Crippen molar-refractivity contribution in [1.29, 1.82) is 5.26 Å². The average molecular weight is 671 g/mol. The third kappa shape index (κ3) is 5.13. The van der Waals surface area contributed by atoms with Gasteiger partial charge in [0.1, 0.15) is 17.3 Å². The Bertz CT molecular complexity index is 2030. The van der Waals surface area contributed by atoms with Gasteiger partial charge in [-0.05, 0) is 43.5 Å². The summed E-state index contributed by atoms with van der Waals surface area (Å²) in [5, 5.41) is 9.76. The van der Waals surface area contributed by atoms with E-state index in [1.807, 2.05) is 20.8 Å². The Kier molecular flexibility index (Phi) is 8.77. The molecule has 1 aromatic carbocycles. The summed E-state index contributed by atoms with van der Waals surface area (Å²) in [5.74, 6) is -5.68. The molecule has 9 nitrogen and oxygen atoms in total. The van der Waals surface area contributed by atoms with Gasteiger partial charge in [-0.1, -0.05) is 43.6 Å². The molecule has 1 aliphatic heterocycles. The minimum Gasteiger partial charge on any atom is -0.395 e. The number of aryl methyl sites for hydroxylation is 1. The number of piperazine rings is 1. The van der Waals surface area contributed by atoms with E-state index in [0.717, 1.165) is 0 Å². The number of anilines is 2. The number of pyridine rings is 3. The van der Waals surface area contributed by atoms with Crippen molar-refractivity contribution in [2.24, 2.45) is 0 Å². The SMILES string of the molecule is C=CC(=O)N1CCN(c2c(C#N)c(=O)n(-c3c(C)ccnc3C(C)C)c3nc(-c4c(F)c(F)c(F)c(N)c4Cl)c(Cl)cc23)[C@@H](C)C1. The molecule has 5 rings (SSSR count). The van der Waals surface area contributed by atoms with Crippen molar-refractivity contribution >= 4 is 51.5 Å². The van der Waals surface area contributed by atoms with Crippen molar-refractivity contribution < 1.29 is 18.0 Å². The molecule has 1 amide bonds. The lowest BCUT2D eigenvalue weighted by Gasteiger charge is -2.41. The largest absolute Gasteiger partial charge is 0.395 e. The Morgan fingerprint density at radius 3 is 2.50 bits per heavy atom. The number of hydrogen-bond donors (Lipinski definition) is 1. The minimum absolute atomic E-state index is 0.0769. The van der Waals surface area contributed by atoms with Crippen LogP contribution in [-0.2, 0) is 4.79 Å². The lowest BCUT2D eigenvalue weighted by atomic mass is 10.0. The van der Waals surface area contributed by atoms with Crippen molar-refractivity contribution in [1.82, 2.24) is 19.4 Å². The van der Waals surface area contributed by atoms with Crippen LogP contribution in [0.2, 0.25) is 10.0 Å². The van der Waals surface area contributed by atoms with E-state index in [1.165, 1.54) is 16.7 Å². The van der Waals surface area contributed by atoms with Crippen molar-refractivity contribution in [2.45, 2.75) is 39.7 Å². The first kappa shape index (κ1) is 32.8. The molecule has 0 unspecified atom stereocenters. The molecule has 46 heavy (non-hydrogen) atoms. The standard InChI is InChI=1S/C32H28Cl2F3N7O2/c1-6-20(45)42-9-10-43(16(5)13-42)30-17-11-19(33)28(21-22(34)26(39)25(37)24(36)23(21)35)41-31(17)44(32(46)18(30)12-38)29-15(4)7-8-40-27(29)14(2)3/h6-8,11,14,16H,1,9-10,13,39H2,2-5H3/t16-/m0/s1. The number of aromatic nitrogens is 3. The maximum Gasteiger partial charge on any atom is 0.276 e. The van der Waals surface area contributed by atoms with E-state index in [0.29, 0.717) is 16.9 Å². The van der Waals surface area contributed by atoms with Gasteiger partial charge in [-0.25, -0.2) is 18.2 Å². The highest BCUT2D eigenvalue weighted by atomic mass is 35.5. The number of nitrogen functional groups attached to an aromatic ring is 1. The van der Waals surface area contributed by atoms with Gasteiger partial charge < -0.3 is 15.5 Å². The molecular weight excluding hydrogens is 642 g/mol. The van der Waals surface area contributed by atoms with Gasteiger partial charge in [0.15, 0.2) is 17.5 Å². The molecular formula is C32H28Cl2F3N7O2. The molecule has 0 spiro atoms. The number of benzene rings is 1. The Balaban J connectivity index is 1.95. The summed E-state index contributed by atoms with van der Waals surface area (Å²) in [6.45, 7) is 11.6. The third-order valence-corrected chi connectivity index (χ3v) is 8.73. The maximum atomic E-state index is 15.4. The molecule has 1 fully saturated rings. The number of rotatable bonds is 5. The number of halogens is 5. The summed E-state index contributed by atoms with van der Waals surface area (Å²) in [7, 11) is 0. The van der Waals surface area contributed by atoms with Crippen molar-refractivity contribution in [3.8, 4) is 23.0 Å². The monoisotopic (exact) mass is 669 g/mol. The van der Waals surface area contributed by atoms with Crippen LogP contribution in [0.4, 0.5) is 24.5 Å². The van der Waals surface area contributed by atoms with Gasteiger partial charge in [0.25, 0.3) is 5.56 Å². The number of nitrogens with two attached hydrogens (primary N) is 1. The predicted molar refractivity (Wildman–Crippen MR) is 172 cm³/mol. The van der Waals surface area contributed by atoms with Crippen molar-refractivity contribution in [3.05, 3.63) is 85.7 Å². The number of carbonyl (C=O) groups excluding carboxylic acids is 1.